The SMILES string of the molecule is CCSC1CCc2ccc(C)cc2C1. The molecular weight excluding hydrogens is 188 g/mol. The summed E-state index contributed by atoms with van der Waals surface area (Å²) in [6, 6.07) is 6.93. The molecule has 0 saturated heterocycles. The highest BCUT2D eigenvalue weighted by Gasteiger charge is 2.17. The standard InChI is InChI=1S/C13H18S/c1-3-14-13-7-6-11-5-4-10(2)8-12(11)9-13/h4-5,8,13H,3,6-7,9H2,1-2H3. The van der Waals surface area contributed by atoms with Crippen LogP contribution in [0.1, 0.15) is 30.0 Å². The summed E-state index contributed by atoms with van der Waals surface area (Å²) in [6.07, 6.45) is 3.94. The van der Waals surface area contributed by atoms with E-state index in [1.54, 1.807) is 11.1 Å². The van der Waals surface area contributed by atoms with Gasteiger partial charge in [-0.05, 0) is 43.1 Å². The Morgan fingerprint density at radius 1 is 1.36 bits per heavy atom. The first-order valence-electron chi connectivity index (χ1n) is 5.49. The number of hydrogen-bond donors (Lipinski definition) is 0. The van der Waals surface area contributed by atoms with Gasteiger partial charge in [-0.3, -0.25) is 0 Å². The molecule has 2 rings (SSSR count). The van der Waals surface area contributed by atoms with Crippen molar-refractivity contribution in [1.29, 1.82) is 0 Å². The third kappa shape index (κ3) is 2.14. The summed E-state index contributed by atoms with van der Waals surface area (Å²) < 4.78 is 0. The molecule has 0 bridgehead atoms. The molecular formula is C13H18S. The summed E-state index contributed by atoms with van der Waals surface area (Å²) in [5.74, 6) is 1.26. The van der Waals surface area contributed by atoms with Crippen molar-refractivity contribution in [1.82, 2.24) is 0 Å². The largest absolute Gasteiger partial charge is 0.159 e. The molecule has 0 amide bonds. The molecule has 1 aliphatic carbocycles. The van der Waals surface area contributed by atoms with Crippen LogP contribution >= 0.6 is 11.8 Å². The molecule has 1 aromatic rings. The van der Waals surface area contributed by atoms with Gasteiger partial charge in [0.05, 0.1) is 0 Å². The first kappa shape index (κ1) is 10.1. The third-order valence-electron chi connectivity index (χ3n) is 2.95. The number of rotatable bonds is 2. The molecule has 1 unspecified atom stereocenters. The molecule has 0 aliphatic heterocycles. The summed E-state index contributed by atoms with van der Waals surface area (Å²) in [5.41, 5.74) is 4.59. The maximum absolute atomic E-state index is 2.37. The van der Waals surface area contributed by atoms with Gasteiger partial charge in [0, 0.05) is 5.25 Å². The average molecular weight is 206 g/mol. The summed E-state index contributed by atoms with van der Waals surface area (Å²) in [5, 5.41) is 0.870. The zero-order chi connectivity index (χ0) is 9.97. The molecule has 0 heterocycles. The first-order chi connectivity index (χ1) is 6.79. The highest BCUT2D eigenvalue weighted by atomic mass is 32.2. The number of thioether (sulfide) groups is 1. The Labute approximate surface area is 91.1 Å². The van der Waals surface area contributed by atoms with Crippen LogP contribution in [-0.2, 0) is 12.8 Å². The number of fused-ring (bicyclic) bond motifs is 1. The number of benzene rings is 1. The predicted molar refractivity (Wildman–Crippen MR) is 65.1 cm³/mol. The Morgan fingerprint density at radius 2 is 2.21 bits per heavy atom. The fourth-order valence-corrected chi connectivity index (χ4v) is 3.28. The van der Waals surface area contributed by atoms with Crippen molar-refractivity contribution in [2.75, 3.05) is 5.75 Å². The second-order valence-electron chi connectivity index (χ2n) is 4.09. The molecule has 0 aromatic heterocycles. The summed E-state index contributed by atoms with van der Waals surface area (Å²) >= 11 is 2.12. The Balaban J connectivity index is 2.16. The minimum atomic E-state index is 0.870. The highest BCUT2D eigenvalue weighted by Crippen LogP contribution is 2.29. The lowest BCUT2D eigenvalue weighted by Crippen LogP contribution is -2.16. The van der Waals surface area contributed by atoms with Crippen molar-refractivity contribution in [3.63, 3.8) is 0 Å². The monoisotopic (exact) mass is 206 g/mol. The fourth-order valence-electron chi connectivity index (χ4n) is 2.23. The number of hydrogen-bond acceptors (Lipinski definition) is 1. The van der Waals surface area contributed by atoms with Gasteiger partial charge in [0.2, 0.25) is 0 Å². The Morgan fingerprint density at radius 3 is 3.00 bits per heavy atom. The van der Waals surface area contributed by atoms with Crippen LogP contribution < -0.4 is 0 Å². The Hall–Kier alpha value is -0.430. The fraction of sp³-hybridized carbons (Fsp3) is 0.538. The van der Waals surface area contributed by atoms with Crippen molar-refractivity contribution >= 4 is 11.8 Å². The van der Waals surface area contributed by atoms with E-state index in [0.717, 1.165) is 5.25 Å². The topological polar surface area (TPSA) is 0 Å². The van der Waals surface area contributed by atoms with Gasteiger partial charge < -0.3 is 0 Å². The molecule has 76 valence electrons. The van der Waals surface area contributed by atoms with Crippen LogP contribution in [0.2, 0.25) is 0 Å². The lowest BCUT2D eigenvalue weighted by atomic mass is 9.90. The quantitative estimate of drug-likeness (QED) is 0.712. The molecule has 1 atom stereocenters. The van der Waals surface area contributed by atoms with E-state index in [2.05, 4.69) is 43.8 Å². The lowest BCUT2D eigenvalue weighted by molar-refractivity contribution is 0.702. The van der Waals surface area contributed by atoms with Crippen LogP contribution in [0.25, 0.3) is 0 Å². The predicted octanol–water partition coefficient (Wildman–Crippen LogP) is 3.61. The van der Waals surface area contributed by atoms with Crippen LogP contribution in [0.15, 0.2) is 18.2 Å². The van der Waals surface area contributed by atoms with Crippen molar-refractivity contribution in [3.8, 4) is 0 Å². The summed E-state index contributed by atoms with van der Waals surface area (Å²) in [7, 11) is 0. The van der Waals surface area contributed by atoms with Gasteiger partial charge in [0.1, 0.15) is 0 Å². The maximum Gasteiger partial charge on any atom is 0.00906 e. The van der Waals surface area contributed by atoms with Gasteiger partial charge in [0.15, 0.2) is 0 Å². The van der Waals surface area contributed by atoms with Gasteiger partial charge in [-0.1, -0.05) is 30.7 Å². The minimum absolute atomic E-state index is 0.870. The minimum Gasteiger partial charge on any atom is -0.159 e. The second kappa shape index (κ2) is 4.39. The lowest BCUT2D eigenvalue weighted by Gasteiger charge is -2.24. The molecule has 1 aromatic carbocycles. The van der Waals surface area contributed by atoms with E-state index in [1.807, 2.05) is 0 Å². The molecule has 0 spiro atoms. The van der Waals surface area contributed by atoms with Crippen LogP contribution in [0, 0.1) is 6.92 Å². The molecule has 0 nitrogen and oxygen atoms in total. The van der Waals surface area contributed by atoms with E-state index in [4.69, 9.17) is 0 Å². The van der Waals surface area contributed by atoms with Crippen LogP contribution in [0.4, 0.5) is 0 Å². The second-order valence-corrected chi connectivity index (χ2v) is 5.67. The van der Waals surface area contributed by atoms with E-state index in [9.17, 15) is 0 Å². The Bertz CT molecular complexity index is 317. The van der Waals surface area contributed by atoms with Crippen LogP contribution in [0.5, 0.6) is 0 Å². The van der Waals surface area contributed by atoms with E-state index < -0.39 is 0 Å². The normalized spacial score (nSPS) is 20.6. The van der Waals surface area contributed by atoms with E-state index in [1.165, 1.54) is 30.6 Å². The molecule has 0 N–H and O–H groups in total. The molecule has 1 heteroatoms. The van der Waals surface area contributed by atoms with Crippen molar-refractivity contribution in [2.24, 2.45) is 0 Å². The molecule has 1 aliphatic rings. The van der Waals surface area contributed by atoms with E-state index in [0.29, 0.717) is 0 Å². The van der Waals surface area contributed by atoms with E-state index in [-0.39, 0.29) is 0 Å². The average Bonchev–Trinajstić information content (AvgIpc) is 2.17. The summed E-state index contributed by atoms with van der Waals surface area (Å²) in [4.78, 5) is 0. The smallest absolute Gasteiger partial charge is 0.00906 e. The first-order valence-corrected chi connectivity index (χ1v) is 6.54. The van der Waals surface area contributed by atoms with Crippen molar-refractivity contribution < 1.29 is 0 Å². The zero-order valence-corrected chi connectivity index (χ0v) is 9.86. The van der Waals surface area contributed by atoms with Crippen LogP contribution in [0.3, 0.4) is 0 Å². The van der Waals surface area contributed by atoms with Gasteiger partial charge in [-0.15, -0.1) is 0 Å². The van der Waals surface area contributed by atoms with Crippen molar-refractivity contribution in [2.45, 2.75) is 38.4 Å². The van der Waals surface area contributed by atoms with Gasteiger partial charge >= 0.3 is 0 Å². The van der Waals surface area contributed by atoms with E-state index >= 15 is 0 Å². The third-order valence-corrected chi connectivity index (χ3v) is 4.15. The molecule has 14 heavy (non-hydrogen) atoms. The molecule has 0 saturated carbocycles. The van der Waals surface area contributed by atoms with Crippen LogP contribution in [-0.4, -0.2) is 11.0 Å². The maximum atomic E-state index is 2.37. The van der Waals surface area contributed by atoms with Gasteiger partial charge in [-0.2, -0.15) is 11.8 Å². The molecule has 0 radical (unpaired) electrons. The summed E-state index contributed by atoms with van der Waals surface area (Å²) in [6.45, 7) is 4.45. The van der Waals surface area contributed by atoms with Gasteiger partial charge in [-0.25, -0.2) is 0 Å². The molecule has 0 fully saturated rings. The Kier molecular flexibility index (Phi) is 3.17. The highest BCUT2D eigenvalue weighted by molar-refractivity contribution is 7.99. The van der Waals surface area contributed by atoms with Gasteiger partial charge in [0.25, 0.3) is 0 Å². The van der Waals surface area contributed by atoms with Crippen molar-refractivity contribution in [3.05, 3.63) is 34.9 Å². The zero-order valence-electron chi connectivity index (χ0n) is 9.05. The number of aryl methyl sites for hydroxylation is 2.